The molecule has 0 saturated carbocycles. The molecule has 0 aromatic heterocycles. The first-order valence-electron chi connectivity index (χ1n) is 5.57. The zero-order valence-corrected chi connectivity index (χ0v) is 11.4. The third-order valence-electron chi connectivity index (χ3n) is 2.00. The normalized spacial score (nSPS) is 12.3. The van der Waals surface area contributed by atoms with Crippen molar-refractivity contribution in [3.05, 3.63) is 0 Å². The van der Waals surface area contributed by atoms with Crippen molar-refractivity contribution < 1.29 is 19.4 Å². The van der Waals surface area contributed by atoms with E-state index in [9.17, 15) is 9.59 Å². The fourth-order valence-electron chi connectivity index (χ4n) is 1.29. The van der Waals surface area contributed by atoms with Gasteiger partial charge < -0.3 is 15.2 Å². The fraction of sp³-hybridized carbons (Fsp3) is 0.818. The lowest BCUT2D eigenvalue weighted by molar-refractivity contribution is -0.145. The number of hydrogen-bond acceptors (Lipinski definition) is 5. The summed E-state index contributed by atoms with van der Waals surface area (Å²) in [6, 6.07) is -0.581. The van der Waals surface area contributed by atoms with E-state index in [1.807, 2.05) is 13.8 Å². The van der Waals surface area contributed by atoms with Crippen molar-refractivity contribution in [3.8, 4) is 0 Å². The molecule has 0 aliphatic rings. The number of ether oxygens (including phenoxy) is 1. The third kappa shape index (κ3) is 8.04. The molecule has 2 N–H and O–H groups in total. The average Bonchev–Trinajstić information content (AvgIpc) is 2.27. The summed E-state index contributed by atoms with van der Waals surface area (Å²) in [5.74, 6) is 0.426. The van der Waals surface area contributed by atoms with Crippen LogP contribution in [0.5, 0.6) is 0 Å². The molecule has 0 aliphatic carbocycles. The second kappa shape index (κ2) is 9.30. The van der Waals surface area contributed by atoms with Gasteiger partial charge in [-0.15, -0.1) is 11.8 Å². The fourth-order valence-corrected chi connectivity index (χ4v) is 1.84. The molecule has 1 atom stereocenters. The molecule has 100 valence electrons. The third-order valence-corrected chi connectivity index (χ3v) is 2.93. The van der Waals surface area contributed by atoms with E-state index in [0.717, 1.165) is 0 Å². The number of nitrogens with one attached hydrogen (secondary N) is 1. The van der Waals surface area contributed by atoms with E-state index in [-0.39, 0.29) is 18.3 Å². The van der Waals surface area contributed by atoms with E-state index in [0.29, 0.717) is 18.1 Å². The molecule has 0 bridgehead atoms. The smallest absolute Gasteiger partial charge is 0.328 e. The predicted molar refractivity (Wildman–Crippen MR) is 67.8 cm³/mol. The highest BCUT2D eigenvalue weighted by atomic mass is 32.2. The summed E-state index contributed by atoms with van der Waals surface area (Å²) in [6.07, 6.45) is 0.559. The van der Waals surface area contributed by atoms with Gasteiger partial charge in [-0.3, -0.25) is 4.79 Å². The van der Waals surface area contributed by atoms with E-state index >= 15 is 0 Å². The molecule has 17 heavy (non-hydrogen) atoms. The highest BCUT2D eigenvalue weighted by Crippen LogP contribution is 2.07. The van der Waals surface area contributed by atoms with Crippen LogP contribution in [0.4, 0.5) is 0 Å². The first-order valence-corrected chi connectivity index (χ1v) is 6.72. The number of thioether (sulfide) groups is 1. The van der Waals surface area contributed by atoms with Crippen LogP contribution in [0.1, 0.15) is 20.3 Å². The average molecular weight is 263 g/mol. The monoisotopic (exact) mass is 263 g/mol. The Morgan fingerprint density at radius 3 is 2.53 bits per heavy atom. The quantitative estimate of drug-likeness (QED) is 0.490. The van der Waals surface area contributed by atoms with Gasteiger partial charge >= 0.3 is 5.97 Å². The number of esters is 1. The summed E-state index contributed by atoms with van der Waals surface area (Å²) in [5.41, 5.74) is 0. The van der Waals surface area contributed by atoms with Gasteiger partial charge in [0.1, 0.15) is 6.04 Å². The van der Waals surface area contributed by atoms with Gasteiger partial charge in [0.25, 0.3) is 0 Å². The Labute approximate surface area is 106 Å². The summed E-state index contributed by atoms with van der Waals surface area (Å²) in [5, 5.41) is 11.2. The molecule has 0 saturated heterocycles. The van der Waals surface area contributed by atoms with E-state index in [4.69, 9.17) is 5.11 Å². The molecule has 0 spiro atoms. The maximum atomic E-state index is 11.5. The summed E-state index contributed by atoms with van der Waals surface area (Å²) < 4.78 is 4.64. The Bertz CT molecular complexity index is 246. The maximum absolute atomic E-state index is 11.5. The summed E-state index contributed by atoms with van der Waals surface area (Å²) in [4.78, 5) is 22.9. The number of amides is 1. The molecule has 1 amide bonds. The molecule has 0 fully saturated rings. The zero-order valence-electron chi connectivity index (χ0n) is 10.6. The lowest BCUT2D eigenvalue weighted by Crippen LogP contribution is -2.43. The second-order valence-corrected chi connectivity index (χ2v) is 5.15. The summed E-state index contributed by atoms with van der Waals surface area (Å²) in [7, 11) is 1.31. The van der Waals surface area contributed by atoms with Crippen molar-refractivity contribution in [2.45, 2.75) is 26.3 Å². The van der Waals surface area contributed by atoms with Crippen LogP contribution in [0.2, 0.25) is 0 Å². The molecule has 6 heteroatoms. The number of methoxy groups -OCH3 is 1. The first kappa shape index (κ1) is 16.2. The van der Waals surface area contributed by atoms with E-state index in [1.54, 1.807) is 0 Å². The predicted octanol–water partition coefficient (Wildman–Crippen LogP) is 0.416. The van der Waals surface area contributed by atoms with Crippen molar-refractivity contribution in [2.24, 2.45) is 5.92 Å². The minimum atomic E-state index is -0.581. The van der Waals surface area contributed by atoms with E-state index in [1.165, 1.54) is 18.9 Å². The number of aliphatic hydroxyl groups is 1. The van der Waals surface area contributed by atoms with Crippen LogP contribution in [-0.4, -0.2) is 48.2 Å². The van der Waals surface area contributed by atoms with Gasteiger partial charge in [0.15, 0.2) is 0 Å². The number of rotatable bonds is 8. The van der Waals surface area contributed by atoms with Crippen molar-refractivity contribution in [1.82, 2.24) is 5.32 Å². The van der Waals surface area contributed by atoms with Gasteiger partial charge in [-0.25, -0.2) is 4.79 Å². The minimum absolute atomic E-state index is 0.0460. The van der Waals surface area contributed by atoms with Gasteiger partial charge in [-0.05, 0) is 12.3 Å². The van der Waals surface area contributed by atoms with Crippen molar-refractivity contribution in [1.29, 1.82) is 0 Å². The van der Waals surface area contributed by atoms with Crippen molar-refractivity contribution >= 4 is 23.6 Å². The Kier molecular flexibility index (Phi) is 8.89. The van der Waals surface area contributed by atoms with Crippen LogP contribution in [0.15, 0.2) is 0 Å². The van der Waals surface area contributed by atoms with Gasteiger partial charge in [0.2, 0.25) is 5.91 Å². The Hall–Kier alpha value is -0.750. The van der Waals surface area contributed by atoms with Crippen LogP contribution < -0.4 is 5.32 Å². The van der Waals surface area contributed by atoms with Gasteiger partial charge in [0, 0.05) is 5.75 Å². The number of carbonyl (C=O) groups excluding carboxylic acids is 2. The zero-order chi connectivity index (χ0) is 13.3. The van der Waals surface area contributed by atoms with Crippen LogP contribution in [0.3, 0.4) is 0 Å². The molecule has 1 unspecified atom stereocenters. The largest absolute Gasteiger partial charge is 0.467 e. The Morgan fingerprint density at radius 1 is 1.41 bits per heavy atom. The second-order valence-electron chi connectivity index (χ2n) is 4.05. The van der Waals surface area contributed by atoms with E-state index in [2.05, 4.69) is 10.1 Å². The van der Waals surface area contributed by atoms with Crippen LogP contribution in [-0.2, 0) is 14.3 Å². The minimum Gasteiger partial charge on any atom is -0.467 e. The Morgan fingerprint density at radius 2 is 2.06 bits per heavy atom. The van der Waals surface area contributed by atoms with Crippen molar-refractivity contribution in [2.75, 3.05) is 25.2 Å². The molecular formula is C11H21NO4S. The standard InChI is InChI=1S/C11H21NO4S/c1-8(2)6-9(11(15)16-3)12-10(14)7-17-5-4-13/h8-9,13H,4-7H2,1-3H3,(H,12,14). The van der Waals surface area contributed by atoms with E-state index < -0.39 is 12.0 Å². The highest BCUT2D eigenvalue weighted by Gasteiger charge is 2.22. The number of hydrogen-bond donors (Lipinski definition) is 2. The number of carbonyl (C=O) groups is 2. The SMILES string of the molecule is COC(=O)C(CC(C)C)NC(=O)CSCCO. The summed E-state index contributed by atoms with van der Waals surface area (Å²) >= 11 is 1.33. The first-order chi connectivity index (χ1) is 8.01. The molecule has 0 aromatic carbocycles. The molecule has 0 aromatic rings. The van der Waals surface area contributed by atoms with Gasteiger partial charge in [0.05, 0.1) is 19.5 Å². The van der Waals surface area contributed by atoms with Gasteiger partial charge in [-0.1, -0.05) is 13.8 Å². The molecular weight excluding hydrogens is 242 g/mol. The van der Waals surface area contributed by atoms with Crippen LogP contribution >= 0.6 is 11.8 Å². The van der Waals surface area contributed by atoms with Crippen molar-refractivity contribution in [3.63, 3.8) is 0 Å². The lowest BCUT2D eigenvalue weighted by atomic mass is 10.0. The maximum Gasteiger partial charge on any atom is 0.328 e. The van der Waals surface area contributed by atoms with Gasteiger partial charge in [-0.2, -0.15) is 0 Å². The topological polar surface area (TPSA) is 75.6 Å². The summed E-state index contributed by atoms with van der Waals surface area (Å²) in [6.45, 7) is 4.00. The molecule has 0 rings (SSSR count). The molecule has 5 nitrogen and oxygen atoms in total. The lowest BCUT2D eigenvalue weighted by Gasteiger charge is -2.18. The molecule has 0 aliphatic heterocycles. The number of aliphatic hydroxyl groups excluding tert-OH is 1. The Balaban J connectivity index is 4.13. The van der Waals surface area contributed by atoms with Crippen LogP contribution in [0.25, 0.3) is 0 Å². The highest BCUT2D eigenvalue weighted by molar-refractivity contribution is 7.99. The van der Waals surface area contributed by atoms with Crippen LogP contribution in [0, 0.1) is 5.92 Å². The molecule has 0 heterocycles. The molecule has 0 radical (unpaired) electrons.